The molecular formula is C22H31NOS. The highest BCUT2D eigenvalue weighted by Gasteiger charge is 2.06. The van der Waals surface area contributed by atoms with Crippen molar-refractivity contribution in [3.05, 3.63) is 64.8 Å². The zero-order valence-corrected chi connectivity index (χ0v) is 16.8. The number of hydrogen-bond acceptors (Lipinski definition) is 2. The first-order valence-corrected chi connectivity index (χ1v) is 9.35. The minimum atomic E-state index is -0.0790. The Morgan fingerprint density at radius 3 is 2.20 bits per heavy atom. The number of nitrogens with one attached hydrogen (secondary N) is 1. The normalized spacial score (nSPS) is 12.0. The summed E-state index contributed by atoms with van der Waals surface area (Å²) in [6.45, 7) is 9.15. The molecule has 0 unspecified atom stereocenters. The van der Waals surface area contributed by atoms with Crippen LogP contribution < -0.4 is 5.32 Å². The maximum atomic E-state index is 12.1. The van der Waals surface area contributed by atoms with Gasteiger partial charge in [0.25, 0.3) is 5.91 Å². The van der Waals surface area contributed by atoms with Gasteiger partial charge in [-0.15, -0.1) is 12.6 Å². The van der Waals surface area contributed by atoms with E-state index in [1.165, 1.54) is 16.7 Å². The molecule has 0 spiro atoms. The molecule has 2 nitrogen and oxygen atoms in total. The number of carbonyl (C=O) groups is 1. The predicted octanol–water partition coefficient (Wildman–Crippen LogP) is 6.12. The molecule has 0 aliphatic carbocycles. The van der Waals surface area contributed by atoms with Gasteiger partial charge in [-0.25, -0.2) is 0 Å². The summed E-state index contributed by atoms with van der Waals surface area (Å²) in [5, 5.41) is 2.92. The Hall–Kier alpha value is -1.74. The Labute approximate surface area is 158 Å². The molecule has 0 heterocycles. The molecule has 136 valence electrons. The number of allylic oxidation sites excluding steroid dienone is 5. The van der Waals surface area contributed by atoms with Gasteiger partial charge >= 0.3 is 0 Å². The second-order valence-corrected chi connectivity index (χ2v) is 7.17. The Bertz CT molecular complexity index is 652. The zero-order chi connectivity index (χ0) is 18.7. The average molecular weight is 358 g/mol. The summed E-state index contributed by atoms with van der Waals surface area (Å²) in [7, 11) is 0. The number of rotatable bonds is 9. The Morgan fingerprint density at radius 1 is 0.960 bits per heavy atom. The van der Waals surface area contributed by atoms with Crippen LogP contribution in [0.5, 0.6) is 0 Å². The second kappa shape index (κ2) is 11.8. The molecule has 0 aliphatic rings. The van der Waals surface area contributed by atoms with Gasteiger partial charge in [-0.1, -0.05) is 47.1 Å². The highest BCUT2D eigenvalue weighted by atomic mass is 32.1. The fourth-order valence-electron chi connectivity index (χ4n) is 2.42. The summed E-state index contributed by atoms with van der Waals surface area (Å²) in [5.41, 5.74) is 4.75. The summed E-state index contributed by atoms with van der Waals surface area (Å²) in [4.78, 5) is 12.8. The third-order valence-corrected chi connectivity index (χ3v) is 4.37. The highest BCUT2D eigenvalue weighted by molar-refractivity contribution is 7.80. The molecule has 1 aromatic rings. The Kier molecular flexibility index (Phi) is 10.0. The molecule has 0 saturated carbocycles. The van der Waals surface area contributed by atoms with Crippen molar-refractivity contribution in [1.29, 1.82) is 0 Å². The predicted molar refractivity (Wildman–Crippen MR) is 111 cm³/mol. The van der Waals surface area contributed by atoms with E-state index in [9.17, 15) is 4.79 Å². The monoisotopic (exact) mass is 357 g/mol. The first-order valence-electron chi connectivity index (χ1n) is 8.91. The zero-order valence-electron chi connectivity index (χ0n) is 15.9. The molecule has 0 aliphatic heterocycles. The lowest BCUT2D eigenvalue weighted by atomic mass is 10.1. The van der Waals surface area contributed by atoms with Gasteiger partial charge in [0.15, 0.2) is 0 Å². The van der Waals surface area contributed by atoms with E-state index >= 15 is 0 Å². The first kappa shape index (κ1) is 21.3. The summed E-state index contributed by atoms with van der Waals surface area (Å²) >= 11 is 4.31. The lowest BCUT2D eigenvalue weighted by Gasteiger charge is -2.06. The molecule has 0 fully saturated rings. The van der Waals surface area contributed by atoms with Crippen molar-refractivity contribution in [1.82, 2.24) is 5.32 Å². The fourth-order valence-corrected chi connectivity index (χ4v) is 2.68. The third-order valence-electron chi connectivity index (χ3n) is 3.98. The van der Waals surface area contributed by atoms with E-state index in [-0.39, 0.29) is 5.91 Å². The van der Waals surface area contributed by atoms with E-state index < -0.39 is 0 Å². The van der Waals surface area contributed by atoms with Gasteiger partial charge in [0.2, 0.25) is 0 Å². The number of benzene rings is 1. The number of carbonyl (C=O) groups excluding carboxylic acids is 1. The lowest BCUT2D eigenvalue weighted by molar-refractivity contribution is 0.0955. The van der Waals surface area contributed by atoms with Crippen LogP contribution in [0.4, 0.5) is 0 Å². The first-order chi connectivity index (χ1) is 11.9. The quantitative estimate of drug-likeness (QED) is 0.404. The SMILES string of the molecule is CC(C)=CCC/C(C)=C\CC/C(C)=C\CNC(=O)c1ccccc1S. The molecule has 1 N–H and O–H groups in total. The van der Waals surface area contributed by atoms with E-state index in [0.717, 1.165) is 25.7 Å². The number of hydrogen-bond donors (Lipinski definition) is 2. The van der Waals surface area contributed by atoms with Crippen molar-refractivity contribution in [2.45, 2.75) is 58.3 Å². The minimum absolute atomic E-state index is 0.0790. The van der Waals surface area contributed by atoms with E-state index in [1.54, 1.807) is 6.07 Å². The van der Waals surface area contributed by atoms with E-state index in [0.29, 0.717) is 17.0 Å². The molecular weight excluding hydrogens is 326 g/mol. The van der Waals surface area contributed by atoms with Crippen molar-refractivity contribution in [2.24, 2.45) is 0 Å². The van der Waals surface area contributed by atoms with Gasteiger partial charge in [-0.05, 0) is 65.5 Å². The van der Waals surface area contributed by atoms with Gasteiger partial charge in [0.1, 0.15) is 0 Å². The molecule has 1 aromatic carbocycles. The van der Waals surface area contributed by atoms with Gasteiger partial charge in [0.05, 0.1) is 5.56 Å². The maximum Gasteiger partial charge on any atom is 0.252 e. The molecule has 0 bridgehead atoms. The summed E-state index contributed by atoms with van der Waals surface area (Å²) in [6.07, 6.45) is 11.0. The summed E-state index contributed by atoms with van der Waals surface area (Å²) in [6, 6.07) is 7.34. The highest BCUT2D eigenvalue weighted by Crippen LogP contribution is 2.13. The fraction of sp³-hybridized carbons (Fsp3) is 0.409. The topological polar surface area (TPSA) is 29.1 Å². The molecule has 0 saturated heterocycles. The molecule has 0 radical (unpaired) electrons. The van der Waals surface area contributed by atoms with Crippen LogP contribution in [0.2, 0.25) is 0 Å². The molecule has 0 aromatic heterocycles. The van der Waals surface area contributed by atoms with Crippen molar-refractivity contribution in [3.63, 3.8) is 0 Å². The molecule has 0 atom stereocenters. The molecule has 25 heavy (non-hydrogen) atoms. The van der Waals surface area contributed by atoms with Crippen LogP contribution in [0.3, 0.4) is 0 Å². The van der Waals surface area contributed by atoms with Crippen LogP contribution >= 0.6 is 12.6 Å². The number of thiol groups is 1. The van der Waals surface area contributed by atoms with Crippen molar-refractivity contribution in [2.75, 3.05) is 6.54 Å². The van der Waals surface area contributed by atoms with Crippen LogP contribution in [0.15, 0.2) is 64.1 Å². The van der Waals surface area contributed by atoms with Gasteiger partial charge in [-0.3, -0.25) is 4.79 Å². The standard InChI is InChI=1S/C22H31NOS/c1-17(2)9-7-10-18(3)11-8-12-19(4)15-16-23-22(24)20-13-5-6-14-21(20)25/h5-6,9,11,13-15,25H,7-8,10,12,16H2,1-4H3,(H,23,24)/b18-11-,19-15-. The number of amides is 1. The van der Waals surface area contributed by atoms with Crippen LogP contribution in [0, 0.1) is 0 Å². The van der Waals surface area contributed by atoms with Gasteiger partial charge < -0.3 is 5.32 Å². The van der Waals surface area contributed by atoms with Crippen LogP contribution in [0.25, 0.3) is 0 Å². The molecule has 3 heteroatoms. The van der Waals surface area contributed by atoms with Crippen molar-refractivity contribution < 1.29 is 4.79 Å². The average Bonchev–Trinajstić information content (AvgIpc) is 2.54. The van der Waals surface area contributed by atoms with Crippen molar-refractivity contribution in [3.8, 4) is 0 Å². The van der Waals surface area contributed by atoms with Crippen LogP contribution in [0.1, 0.15) is 63.7 Å². The Balaban J connectivity index is 2.33. The van der Waals surface area contributed by atoms with Crippen molar-refractivity contribution >= 4 is 18.5 Å². The summed E-state index contributed by atoms with van der Waals surface area (Å²) < 4.78 is 0. The summed E-state index contributed by atoms with van der Waals surface area (Å²) in [5.74, 6) is -0.0790. The smallest absolute Gasteiger partial charge is 0.252 e. The molecule has 1 amide bonds. The molecule has 1 rings (SSSR count). The Morgan fingerprint density at radius 2 is 1.56 bits per heavy atom. The van der Waals surface area contributed by atoms with Crippen LogP contribution in [-0.2, 0) is 0 Å². The largest absolute Gasteiger partial charge is 0.349 e. The maximum absolute atomic E-state index is 12.1. The minimum Gasteiger partial charge on any atom is -0.349 e. The second-order valence-electron chi connectivity index (χ2n) is 6.69. The van der Waals surface area contributed by atoms with Gasteiger partial charge in [-0.2, -0.15) is 0 Å². The third kappa shape index (κ3) is 9.35. The van der Waals surface area contributed by atoms with Crippen LogP contribution in [-0.4, -0.2) is 12.5 Å². The van der Waals surface area contributed by atoms with Gasteiger partial charge in [0, 0.05) is 11.4 Å². The van der Waals surface area contributed by atoms with E-state index in [1.807, 2.05) is 18.2 Å². The van der Waals surface area contributed by atoms with E-state index in [2.05, 4.69) is 63.9 Å². The van der Waals surface area contributed by atoms with E-state index in [4.69, 9.17) is 0 Å². The lowest BCUT2D eigenvalue weighted by Crippen LogP contribution is -2.23.